The average Bonchev–Trinajstić information content (AvgIpc) is 3.20. The van der Waals surface area contributed by atoms with Crippen molar-refractivity contribution in [2.75, 3.05) is 23.3 Å². The molecule has 1 saturated heterocycles. The number of benzene rings is 2. The van der Waals surface area contributed by atoms with Crippen molar-refractivity contribution in [3.05, 3.63) is 72.4 Å². The highest BCUT2D eigenvalue weighted by molar-refractivity contribution is 5.93. The minimum absolute atomic E-state index is 0.000708. The Bertz CT molecular complexity index is 1300. The zero-order valence-electron chi connectivity index (χ0n) is 18.3. The maximum atomic E-state index is 13.4. The molecule has 0 unspecified atom stereocenters. The van der Waals surface area contributed by atoms with Gasteiger partial charge < -0.3 is 15.0 Å². The van der Waals surface area contributed by atoms with E-state index in [9.17, 15) is 9.18 Å². The van der Waals surface area contributed by atoms with E-state index in [0.29, 0.717) is 17.2 Å². The van der Waals surface area contributed by atoms with Crippen LogP contribution < -0.4 is 19.9 Å². The summed E-state index contributed by atoms with van der Waals surface area (Å²) in [6, 6.07) is 13.1. The molecule has 1 fully saturated rings. The first-order valence-electron chi connectivity index (χ1n) is 11.0. The van der Waals surface area contributed by atoms with Crippen LogP contribution >= 0.6 is 0 Å². The molecule has 2 aromatic heterocycles. The number of aryl methyl sites for hydroxylation is 1. The third kappa shape index (κ3) is 4.50. The van der Waals surface area contributed by atoms with Gasteiger partial charge in [0.25, 0.3) is 0 Å². The summed E-state index contributed by atoms with van der Waals surface area (Å²) in [7, 11) is 0. The first-order valence-corrected chi connectivity index (χ1v) is 11.0. The number of rotatable bonds is 5. The zero-order chi connectivity index (χ0) is 22.8. The second-order valence-corrected chi connectivity index (χ2v) is 8.28. The third-order valence-electron chi connectivity index (χ3n) is 6.00. The van der Waals surface area contributed by atoms with Gasteiger partial charge in [-0.25, -0.2) is 9.37 Å². The molecule has 8 heteroatoms. The van der Waals surface area contributed by atoms with E-state index in [1.807, 2.05) is 12.3 Å². The average molecular weight is 447 g/mol. The maximum Gasteiger partial charge on any atom is 0.234 e. The predicted octanol–water partition coefficient (Wildman–Crippen LogP) is 4.47. The molecule has 2 aromatic carbocycles. The highest BCUT2D eigenvalue weighted by atomic mass is 19.1. The molecule has 1 aliphatic rings. The lowest BCUT2D eigenvalue weighted by molar-refractivity contribution is -0.367. The summed E-state index contributed by atoms with van der Waals surface area (Å²) in [6.07, 6.45) is 5.17. The van der Waals surface area contributed by atoms with Crippen LogP contribution in [0, 0.1) is 18.7 Å². The summed E-state index contributed by atoms with van der Waals surface area (Å²) in [4.78, 5) is 26.0. The Kier molecular flexibility index (Phi) is 5.64. The fourth-order valence-corrected chi connectivity index (χ4v) is 4.30. The number of fused-ring (bicyclic) bond motifs is 1. The van der Waals surface area contributed by atoms with Gasteiger partial charge in [-0.3, -0.25) is 9.69 Å². The Morgan fingerprint density at radius 2 is 1.94 bits per heavy atom. The maximum absolute atomic E-state index is 13.4. The number of ether oxygens (including phenoxy) is 1. The molecule has 0 atom stereocenters. The molecular formula is C25H25FN5O2+. The van der Waals surface area contributed by atoms with Crippen LogP contribution in [0.1, 0.15) is 18.4 Å². The van der Waals surface area contributed by atoms with Gasteiger partial charge in [-0.2, -0.15) is 0 Å². The molecule has 0 aliphatic carbocycles. The van der Waals surface area contributed by atoms with E-state index >= 15 is 0 Å². The molecule has 33 heavy (non-hydrogen) atoms. The van der Waals surface area contributed by atoms with Crippen molar-refractivity contribution in [1.29, 1.82) is 0 Å². The number of carbonyl (C=O) groups is 1. The Labute approximate surface area is 190 Å². The zero-order valence-corrected chi connectivity index (χ0v) is 18.3. The number of carbonyl (C=O) groups excluding carboxylic acids is 1. The minimum atomic E-state index is -0.361. The number of hydrogen-bond acceptors (Lipinski definition) is 4. The number of amides is 1. The van der Waals surface area contributed by atoms with Crippen LogP contribution in [-0.2, 0) is 4.79 Å². The van der Waals surface area contributed by atoms with Gasteiger partial charge in [0.2, 0.25) is 23.7 Å². The lowest BCUT2D eigenvalue weighted by Gasteiger charge is -2.28. The number of nitrogens with one attached hydrogen (secondary N) is 3. The predicted molar refractivity (Wildman–Crippen MR) is 124 cm³/mol. The van der Waals surface area contributed by atoms with Crippen molar-refractivity contribution < 1.29 is 18.9 Å². The molecule has 0 spiro atoms. The fourth-order valence-electron chi connectivity index (χ4n) is 4.30. The van der Waals surface area contributed by atoms with E-state index in [2.05, 4.69) is 32.1 Å². The highest BCUT2D eigenvalue weighted by Gasteiger charge is 2.30. The Balaban J connectivity index is 1.21. The van der Waals surface area contributed by atoms with Crippen molar-refractivity contribution >= 4 is 28.4 Å². The van der Waals surface area contributed by atoms with Gasteiger partial charge in [0.1, 0.15) is 22.7 Å². The Morgan fingerprint density at radius 1 is 1.18 bits per heavy atom. The van der Waals surface area contributed by atoms with Crippen LogP contribution in [0.3, 0.4) is 0 Å². The van der Waals surface area contributed by atoms with Crippen LogP contribution in [0.5, 0.6) is 11.5 Å². The second-order valence-electron chi connectivity index (χ2n) is 8.28. The summed E-state index contributed by atoms with van der Waals surface area (Å²) in [5.41, 5.74) is 2.66. The van der Waals surface area contributed by atoms with Gasteiger partial charge in [-0.1, -0.05) is 17.1 Å². The molecule has 3 heterocycles. The van der Waals surface area contributed by atoms with Crippen LogP contribution in [0.4, 0.5) is 15.9 Å². The molecule has 0 saturated carbocycles. The smallest absolute Gasteiger partial charge is 0.234 e. The van der Waals surface area contributed by atoms with Crippen molar-refractivity contribution in [2.24, 2.45) is 5.92 Å². The van der Waals surface area contributed by atoms with Crippen molar-refractivity contribution in [3.8, 4) is 11.5 Å². The molecule has 0 radical (unpaired) electrons. The molecular weight excluding hydrogens is 421 g/mol. The van der Waals surface area contributed by atoms with Crippen molar-refractivity contribution in [2.45, 2.75) is 19.8 Å². The molecule has 7 nitrogen and oxygen atoms in total. The summed E-state index contributed by atoms with van der Waals surface area (Å²) >= 11 is 0. The standard InChI is InChI=1S/C25H24FN5O2/c1-16-14-27-23-22(16)24(29-15-28-23)31-10-8-17(9-11-31)25(32)30-19-5-3-7-21(13-19)33-20-6-2-4-18(26)12-20/h2-7,12-15,17H,8-11H2,1H3,(H,30,32)(H,27,28,29)/p+1. The monoisotopic (exact) mass is 446 g/mol. The molecule has 4 aromatic rings. The van der Waals surface area contributed by atoms with Crippen LogP contribution in [0.2, 0.25) is 0 Å². The van der Waals surface area contributed by atoms with Crippen molar-refractivity contribution in [1.82, 2.24) is 9.97 Å². The Hall–Kier alpha value is -3.94. The van der Waals surface area contributed by atoms with E-state index in [4.69, 9.17) is 4.74 Å². The molecule has 1 aliphatic heterocycles. The largest absolute Gasteiger partial charge is 0.457 e. The van der Waals surface area contributed by atoms with Gasteiger partial charge in [0.15, 0.2) is 0 Å². The van der Waals surface area contributed by atoms with Crippen LogP contribution in [0.25, 0.3) is 11.0 Å². The Morgan fingerprint density at radius 3 is 2.73 bits per heavy atom. The molecule has 168 valence electrons. The van der Waals surface area contributed by atoms with Crippen molar-refractivity contribution in [3.63, 3.8) is 0 Å². The van der Waals surface area contributed by atoms with E-state index < -0.39 is 0 Å². The second kappa shape index (κ2) is 8.90. The first-order chi connectivity index (χ1) is 16.1. The van der Waals surface area contributed by atoms with Crippen LogP contribution in [0.15, 0.2) is 61.1 Å². The number of anilines is 2. The van der Waals surface area contributed by atoms with E-state index in [-0.39, 0.29) is 17.6 Å². The summed E-state index contributed by atoms with van der Waals surface area (Å²) in [6.45, 7) is 3.62. The number of aromatic amines is 2. The summed E-state index contributed by atoms with van der Waals surface area (Å²) < 4.78 is 19.1. The summed E-state index contributed by atoms with van der Waals surface area (Å²) in [5, 5.41) is 4.10. The lowest BCUT2D eigenvalue weighted by atomic mass is 9.95. The quantitative estimate of drug-likeness (QED) is 0.474. The van der Waals surface area contributed by atoms with E-state index in [1.165, 1.54) is 12.1 Å². The molecule has 1 amide bonds. The molecule has 0 bridgehead atoms. The van der Waals surface area contributed by atoms with E-state index in [0.717, 1.165) is 48.3 Å². The lowest BCUT2D eigenvalue weighted by Crippen LogP contribution is -2.40. The molecule has 5 rings (SSSR count). The first kappa shape index (κ1) is 20.9. The fraction of sp³-hybridized carbons (Fsp3) is 0.240. The number of piperidine rings is 1. The number of H-pyrrole nitrogens is 2. The van der Waals surface area contributed by atoms with Crippen LogP contribution in [-0.4, -0.2) is 29.0 Å². The van der Waals surface area contributed by atoms with Gasteiger partial charge >= 0.3 is 0 Å². The number of aromatic nitrogens is 3. The van der Waals surface area contributed by atoms with Gasteiger partial charge in [0, 0.05) is 29.9 Å². The highest BCUT2D eigenvalue weighted by Crippen LogP contribution is 2.29. The third-order valence-corrected chi connectivity index (χ3v) is 6.00. The minimum Gasteiger partial charge on any atom is -0.457 e. The number of halogens is 1. The van der Waals surface area contributed by atoms with E-state index in [1.54, 1.807) is 36.7 Å². The number of nitrogens with zero attached hydrogens (tertiary/aromatic N) is 2. The van der Waals surface area contributed by atoms with Gasteiger partial charge in [0.05, 0.1) is 13.1 Å². The normalized spacial score (nSPS) is 14.4. The summed E-state index contributed by atoms with van der Waals surface area (Å²) in [5.74, 6) is 1.55. The van der Waals surface area contributed by atoms with Gasteiger partial charge in [-0.05, 0) is 49.6 Å². The van der Waals surface area contributed by atoms with Gasteiger partial charge in [-0.15, -0.1) is 0 Å². The SMILES string of the molecule is Cc1c[nH]c2nc[nH+]c(N3CCC(C(=O)Nc4cccc(Oc5cccc(F)c5)c4)CC3)c12. The topological polar surface area (TPSA) is 84.4 Å². The molecule has 3 N–H and O–H groups in total. The number of hydrogen-bond donors (Lipinski definition) is 2.